The third kappa shape index (κ3) is 2.47. The van der Waals surface area contributed by atoms with Crippen molar-refractivity contribution in [2.45, 2.75) is 26.4 Å². The number of rotatable bonds is 4. The lowest BCUT2D eigenvalue weighted by Crippen LogP contribution is -2.14. The number of aromatic nitrogens is 6. The Morgan fingerprint density at radius 1 is 1.47 bits per heavy atom. The molecular formula is C9H13N7S. The first kappa shape index (κ1) is 11.6. The quantitative estimate of drug-likeness (QED) is 0.777. The Morgan fingerprint density at radius 3 is 2.82 bits per heavy atom. The molecule has 0 amide bonds. The minimum atomic E-state index is 0.189. The van der Waals surface area contributed by atoms with Gasteiger partial charge >= 0.3 is 0 Å². The molecule has 0 aliphatic rings. The third-order valence-corrected chi connectivity index (χ3v) is 2.38. The molecular weight excluding hydrogens is 238 g/mol. The molecule has 0 saturated carbocycles. The summed E-state index contributed by atoms with van der Waals surface area (Å²) >= 11 is 4.80. The van der Waals surface area contributed by atoms with Gasteiger partial charge in [0, 0.05) is 6.04 Å². The molecule has 0 saturated heterocycles. The van der Waals surface area contributed by atoms with E-state index in [9.17, 15) is 0 Å². The highest BCUT2D eigenvalue weighted by Crippen LogP contribution is 2.06. The van der Waals surface area contributed by atoms with E-state index >= 15 is 0 Å². The summed E-state index contributed by atoms with van der Waals surface area (Å²) in [4.78, 5) is 8.37. The molecule has 2 heterocycles. The predicted molar refractivity (Wildman–Crippen MR) is 65.4 cm³/mol. The zero-order valence-corrected chi connectivity index (χ0v) is 10.4. The summed E-state index contributed by atoms with van der Waals surface area (Å²) in [6.45, 7) is 4.58. The van der Waals surface area contributed by atoms with Crippen LogP contribution in [0.15, 0.2) is 12.7 Å². The van der Waals surface area contributed by atoms with E-state index < -0.39 is 0 Å². The maximum absolute atomic E-state index is 5.44. The molecule has 90 valence electrons. The Labute approximate surface area is 104 Å². The Morgan fingerprint density at radius 2 is 2.24 bits per heavy atom. The maximum Gasteiger partial charge on any atom is 0.208 e. The molecule has 0 unspecified atom stereocenters. The van der Waals surface area contributed by atoms with Gasteiger partial charge in [-0.1, -0.05) is 12.2 Å². The van der Waals surface area contributed by atoms with E-state index in [1.54, 1.807) is 11.0 Å². The van der Waals surface area contributed by atoms with Crippen molar-refractivity contribution in [3.05, 3.63) is 24.3 Å². The van der Waals surface area contributed by atoms with Crippen molar-refractivity contribution in [3.63, 3.8) is 0 Å². The Hall–Kier alpha value is -1.83. The lowest BCUT2D eigenvalue weighted by atomic mass is 10.4. The third-order valence-electron chi connectivity index (χ3n) is 2.20. The molecule has 2 rings (SSSR count). The second kappa shape index (κ2) is 4.58. The average Bonchev–Trinajstić information content (AvgIpc) is 2.86. The molecule has 0 fully saturated rings. The molecule has 0 atom stereocenters. The number of thiocarbonyl (C=S) groups is 1. The van der Waals surface area contributed by atoms with E-state index in [0.29, 0.717) is 12.4 Å². The smallest absolute Gasteiger partial charge is 0.208 e. The number of hydrogen-bond acceptors (Lipinski definition) is 5. The molecule has 0 bridgehead atoms. The van der Waals surface area contributed by atoms with Crippen LogP contribution in [0, 0.1) is 0 Å². The van der Waals surface area contributed by atoms with Crippen molar-refractivity contribution in [2.75, 3.05) is 0 Å². The van der Waals surface area contributed by atoms with Crippen molar-refractivity contribution in [2.24, 2.45) is 5.73 Å². The monoisotopic (exact) mass is 251 g/mol. The molecule has 0 radical (unpaired) electrons. The lowest BCUT2D eigenvalue weighted by Gasteiger charge is -2.08. The van der Waals surface area contributed by atoms with Gasteiger partial charge in [0.05, 0.1) is 0 Å². The van der Waals surface area contributed by atoms with Crippen LogP contribution >= 0.6 is 12.2 Å². The van der Waals surface area contributed by atoms with Crippen LogP contribution in [-0.2, 0) is 6.54 Å². The van der Waals surface area contributed by atoms with Gasteiger partial charge in [-0.15, -0.1) is 5.10 Å². The minimum absolute atomic E-state index is 0.189. The highest BCUT2D eigenvalue weighted by atomic mass is 32.1. The van der Waals surface area contributed by atoms with E-state index in [2.05, 4.69) is 20.2 Å². The molecule has 17 heavy (non-hydrogen) atoms. The zero-order chi connectivity index (χ0) is 12.4. The van der Waals surface area contributed by atoms with Crippen LogP contribution in [0.3, 0.4) is 0 Å². The highest BCUT2D eigenvalue weighted by molar-refractivity contribution is 7.80. The van der Waals surface area contributed by atoms with Crippen LogP contribution in [0.5, 0.6) is 0 Å². The SMILES string of the molecule is CC(C)n1ncnc1Cn1cnc(C(N)=S)n1. The van der Waals surface area contributed by atoms with Crippen LogP contribution < -0.4 is 5.73 Å². The fourth-order valence-corrected chi connectivity index (χ4v) is 1.54. The Bertz CT molecular complexity index is 527. The summed E-state index contributed by atoms with van der Waals surface area (Å²) in [5, 5.41) is 8.29. The van der Waals surface area contributed by atoms with Crippen LogP contribution in [0.1, 0.15) is 31.5 Å². The van der Waals surface area contributed by atoms with Crippen molar-refractivity contribution in [1.82, 2.24) is 29.5 Å². The van der Waals surface area contributed by atoms with Crippen LogP contribution in [0.25, 0.3) is 0 Å². The molecule has 0 aromatic carbocycles. The summed E-state index contributed by atoms with van der Waals surface area (Å²) in [7, 11) is 0. The maximum atomic E-state index is 5.44. The molecule has 0 spiro atoms. The normalized spacial score (nSPS) is 11.0. The van der Waals surface area contributed by atoms with Crippen molar-refractivity contribution in [3.8, 4) is 0 Å². The largest absolute Gasteiger partial charge is 0.387 e. The predicted octanol–water partition coefficient (Wildman–Crippen LogP) is 0.133. The summed E-state index contributed by atoms with van der Waals surface area (Å²) in [5.74, 6) is 1.19. The van der Waals surface area contributed by atoms with E-state index in [-0.39, 0.29) is 11.0 Å². The van der Waals surface area contributed by atoms with E-state index in [4.69, 9.17) is 18.0 Å². The Balaban J connectivity index is 2.19. The molecule has 0 aliphatic carbocycles. The van der Waals surface area contributed by atoms with Crippen molar-refractivity contribution >= 4 is 17.2 Å². The number of nitrogens with two attached hydrogens (primary N) is 1. The standard InChI is InChI=1S/C9H13N7S/c1-6(2)16-7(11-4-13-16)3-15-5-12-9(14-15)8(10)17/h4-6H,3H2,1-2H3,(H2,10,17). The molecule has 2 aromatic rings. The van der Waals surface area contributed by atoms with Crippen molar-refractivity contribution in [1.29, 1.82) is 0 Å². The number of hydrogen-bond donors (Lipinski definition) is 1. The second-order valence-corrected chi connectivity index (χ2v) is 4.28. The van der Waals surface area contributed by atoms with E-state index in [1.807, 2.05) is 18.5 Å². The van der Waals surface area contributed by atoms with Crippen LogP contribution in [-0.4, -0.2) is 34.5 Å². The van der Waals surface area contributed by atoms with E-state index in [1.165, 1.54) is 6.33 Å². The summed E-state index contributed by atoms with van der Waals surface area (Å²) in [6.07, 6.45) is 3.11. The van der Waals surface area contributed by atoms with Crippen LogP contribution in [0.2, 0.25) is 0 Å². The van der Waals surface area contributed by atoms with Crippen LogP contribution in [0.4, 0.5) is 0 Å². The van der Waals surface area contributed by atoms with Gasteiger partial charge in [0.1, 0.15) is 30.0 Å². The van der Waals surface area contributed by atoms with E-state index in [0.717, 1.165) is 5.82 Å². The molecule has 2 N–H and O–H groups in total. The van der Waals surface area contributed by atoms with Gasteiger partial charge in [0.15, 0.2) is 0 Å². The first-order chi connectivity index (χ1) is 8.08. The minimum Gasteiger partial charge on any atom is -0.387 e. The fraction of sp³-hybridized carbons (Fsp3) is 0.444. The summed E-state index contributed by atoms with van der Waals surface area (Å²) in [6, 6.07) is 0.256. The van der Waals surface area contributed by atoms with Gasteiger partial charge in [-0.05, 0) is 13.8 Å². The van der Waals surface area contributed by atoms with Crippen molar-refractivity contribution < 1.29 is 0 Å². The number of nitrogens with zero attached hydrogens (tertiary/aromatic N) is 6. The average molecular weight is 251 g/mol. The molecule has 7 nitrogen and oxygen atoms in total. The van der Waals surface area contributed by atoms with Gasteiger partial charge in [0.2, 0.25) is 5.82 Å². The Kier molecular flexibility index (Phi) is 3.14. The summed E-state index contributed by atoms with van der Waals surface area (Å²) in [5.41, 5.74) is 5.44. The molecule has 2 aromatic heterocycles. The van der Waals surface area contributed by atoms with Gasteiger partial charge < -0.3 is 5.73 Å². The van der Waals surface area contributed by atoms with Gasteiger partial charge in [-0.3, -0.25) is 0 Å². The highest BCUT2D eigenvalue weighted by Gasteiger charge is 2.10. The van der Waals surface area contributed by atoms with Gasteiger partial charge in [-0.25, -0.2) is 19.3 Å². The first-order valence-corrected chi connectivity index (χ1v) is 5.56. The molecule has 8 heteroatoms. The van der Waals surface area contributed by atoms with Gasteiger partial charge in [-0.2, -0.15) is 5.10 Å². The molecule has 0 aliphatic heterocycles. The summed E-state index contributed by atoms with van der Waals surface area (Å²) < 4.78 is 3.47. The second-order valence-electron chi connectivity index (χ2n) is 3.84. The fourth-order valence-electron chi connectivity index (χ4n) is 1.45. The lowest BCUT2D eigenvalue weighted by molar-refractivity contribution is 0.487. The zero-order valence-electron chi connectivity index (χ0n) is 9.61. The topological polar surface area (TPSA) is 87.4 Å². The first-order valence-electron chi connectivity index (χ1n) is 5.15. The van der Waals surface area contributed by atoms with Gasteiger partial charge in [0.25, 0.3) is 0 Å².